The first-order chi connectivity index (χ1) is 15.7. The molecule has 2 aromatic carbocycles. The number of hydrogen-bond acceptors (Lipinski definition) is 5. The Morgan fingerprint density at radius 1 is 1.24 bits per heavy atom. The van der Waals surface area contributed by atoms with Gasteiger partial charge in [-0.1, -0.05) is 51.4 Å². The van der Waals surface area contributed by atoms with Gasteiger partial charge in [0, 0.05) is 24.1 Å². The summed E-state index contributed by atoms with van der Waals surface area (Å²) >= 11 is 5.88. The quantitative estimate of drug-likeness (QED) is 0.489. The first kappa shape index (κ1) is 30.1. The third kappa shape index (κ3) is 6.20. The molecule has 0 aliphatic carbocycles. The molecule has 0 bridgehead atoms. The van der Waals surface area contributed by atoms with Gasteiger partial charge in [0.25, 0.3) is 0 Å². The summed E-state index contributed by atoms with van der Waals surface area (Å²) in [6.45, 7) is 7.48. The number of rotatable bonds is 7. The number of hydrogen-bond donors (Lipinski definition) is 1. The number of pyridine rings is 1. The molecule has 3 aromatic rings. The molecule has 34 heavy (non-hydrogen) atoms. The van der Waals surface area contributed by atoms with Crippen molar-refractivity contribution < 1.29 is 53.7 Å². The van der Waals surface area contributed by atoms with E-state index >= 15 is 0 Å². The predicted octanol–water partition coefficient (Wildman–Crippen LogP) is 0.976. The maximum absolute atomic E-state index is 14.4. The summed E-state index contributed by atoms with van der Waals surface area (Å²) < 4.78 is 21.5. The molecule has 1 unspecified atom stereocenters. The number of carbonyl (C=O) groups is 1. The van der Waals surface area contributed by atoms with E-state index in [1.54, 1.807) is 22.8 Å². The number of methoxy groups -OCH3 is 1. The zero-order valence-electron chi connectivity index (χ0n) is 20.3. The fourth-order valence-electron chi connectivity index (χ4n) is 3.68. The number of carboxylic acids is 1. The molecule has 178 valence electrons. The second-order valence-electron chi connectivity index (χ2n) is 7.63. The Kier molecular flexibility index (Phi) is 11.7. The van der Waals surface area contributed by atoms with Crippen LogP contribution in [0, 0.1) is 11.7 Å². The Balaban J connectivity index is 0.00000188. The molecule has 1 atom stereocenters. The van der Waals surface area contributed by atoms with Crippen molar-refractivity contribution in [3.05, 3.63) is 74.3 Å². The number of aliphatic hydroxyl groups is 1. The van der Waals surface area contributed by atoms with Crippen molar-refractivity contribution in [2.45, 2.75) is 40.2 Å². The van der Waals surface area contributed by atoms with Crippen molar-refractivity contribution in [2.24, 2.45) is 5.92 Å². The maximum Gasteiger partial charge on any atom is 1.00 e. The molecule has 0 fully saturated rings. The van der Waals surface area contributed by atoms with Gasteiger partial charge in [-0.25, -0.2) is 4.39 Å². The van der Waals surface area contributed by atoms with E-state index in [0.29, 0.717) is 22.4 Å². The van der Waals surface area contributed by atoms with E-state index in [4.69, 9.17) is 16.3 Å². The van der Waals surface area contributed by atoms with Crippen LogP contribution in [0.3, 0.4) is 0 Å². The molecule has 1 heterocycles. The molecule has 0 radical (unpaired) electrons. The van der Waals surface area contributed by atoms with Crippen molar-refractivity contribution in [3.8, 4) is 5.75 Å². The van der Waals surface area contributed by atoms with Crippen LogP contribution >= 0.6 is 11.6 Å². The van der Waals surface area contributed by atoms with Crippen molar-refractivity contribution in [1.82, 2.24) is 4.57 Å². The van der Waals surface area contributed by atoms with Gasteiger partial charge in [-0.2, -0.15) is 0 Å². The smallest absolute Gasteiger partial charge is 0.545 e. The van der Waals surface area contributed by atoms with E-state index in [0.717, 1.165) is 0 Å². The maximum atomic E-state index is 14.4. The third-order valence-electron chi connectivity index (χ3n) is 5.38. The molecule has 1 N–H and O–H groups in total. The zero-order valence-corrected chi connectivity index (χ0v) is 23.1. The van der Waals surface area contributed by atoms with Crippen LogP contribution in [0.4, 0.5) is 4.39 Å². The molecule has 0 saturated heterocycles. The average molecular weight is 500 g/mol. The van der Waals surface area contributed by atoms with Gasteiger partial charge in [0.2, 0.25) is 0 Å². The largest absolute Gasteiger partial charge is 1.00 e. The molecule has 6 nitrogen and oxygen atoms in total. The van der Waals surface area contributed by atoms with Crippen LogP contribution in [0.5, 0.6) is 5.75 Å². The van der Waals surface area contributed by atoms with Gasteiger partial charge in [-0.15, -0.1) is 0 Å². The summed E-state index contributed by atoms with van der Waals surface area (Å²) in [6, 6.07) is 7.23. The van der Waals surface area contributed by atoms with Crippen LogP contribution in [-0.2, 0) is 6.42 Å². The summed E-state index contributed by atoms with van der Waals surface area (Å²) in [5.41, 5.74) is -0.0499. The topological polar surface area (TPSA) is 91.6 Å². The molecule has 0 aliphatic heterocycles. The standard InChI is InChI=1S/C23H23ClFNO5.C2H6.Na/c1-12(2)19(11-27)26-10-16(23(29)30)22(28)15-8-14(20(31-3)9-18(15)26)7-13-5-4-6-17(24)21(13)25;1-2;/h4-6,8-10,12,19,27H,7,11H2,1-3H3,(H,29,30);1-2H3;/q;;+1/p-1. The fraction of sp³-hybridized carbons (Fsp3) is 0.360. The number of carboxylic acid groups (broad SMARTS) is 1. The van der Waals surface area contributed by atoms with Gasteiger partial charge in [-0.05, 0) is 29.2 Å². The Labute approximate surface area is 225 Å². The number of aromatic carboxylic acids is 1. The van der Waals surface area contributed by atoms with Crippen LogP contribution in [0.1, 0.15) is 55.2 Å². The molecular formula is C25H28ClFNNaO5. The Morgan fingerprint density at radius 2 is 1.88 bits per heavy atom. The number of halogens is 2. The number of carbonyl (C=O) groups excluding carboxylic acids is 1. The molecule has 0 aliphatic rings. The van der Waals surface area contributed by atoms with E-state index in [1.807, 2.05) is 27.7 Å². The molecule has 3 rings (SSSR count). The van der Waals surface area contributed by atoms with Crippen molar-refractivity contribution >= 4 is 28.5 Å². The summed E-state index contributed by atoms with van der Waals surface area (Å²) in [5.74, 6) is -1.86. The van der Waals surface area contributed by atoms with Gasteiger partial charge in [0.05, 0.1) is 41.8 Å². The number of nitrogens with zero attached hydrogens (tertiary/aromatic N) is 1. The molecule has 9 heteroatoms. The van der Waals surface area contributed by atoms with Crippen LogP contribution in [0.25, 0.3) is 10.9 Å². The minimum absolute atomic E-state index is 0. The second kappa shape index (κ2) is 13.3. The molecular weight excluding hydrogens is 472 g/mol. The summed E-state index contributed by atoms with van der Waals surface area (Å²) in [6.07, 6.45) is 1.27. The normalized spacial score (nSPS) is 11.4. The van der Waals surface area contributed by atoms with Crippen LogP contribution in [0.15, 0.2) is 41.3 Å². The van der Waals surface area contributed by atoms with Crippen LogP contribution < -0.4 is 44.8 Å². The average Bonchev–Trinajstić information content (AvgIpc) is 2.79. The zero-order chi connectivity index (χ0) is 24.9. The van der Waals surface area contributed by atoms with Crippen molar-refractivity contribution in [2.75, 3.05) is 13.7 Å². The van der Waals surface area contributed by atoms with Crippen molar-refractivity contribution in [1.29, 1.82) is 0 Å². The Morgan fingerprint density at radius 3 is 2.41 bits per heavy atom. The summed E-state index contributed by atoms with van der Waals surface area (Å²) in [4.78, 5) is 24.5. The third-order valence-corrected chi connectivity index (χ3v) is 5.67. The van der Waals surface area contributed by atoms with Crippen molar-refractivity contribution in [3.63, 3.8) is 0 Å². The Bertz CT molecular complexity index is 1210. The molecule has 0 spiro atoms. The van der Waals surface area contributed by atoms with Crippen LogP contribution in [-0.4, -0.2) is 29.4 Å². The first-order valence-corrected chi connectivity index (χ1v) is 11.1. The summed E-state index contributed by atoms with van der Waals surface area (Å²) in [5, 5.41) is 21.6. The number of benzene rings is 2. The minimum Gasteiger partial charge on any atom is -0.545 e. The van der Waals surface area contributed by atoms with Gasteiger partial charge in [0.15, 0.2) is 5.43 Å². The van der Waals surface area contributed by atoms with E-state index in [1.165, 1.54) is 25.4 Å². The number of aliphatic hydroxyl groups excluding tert-OH is 1. The first-order valence-electron chi connectivity index (χ1n) is 10.7. The van der Waals surface area contributed by atoms with Gasteiger partial charge >= 0.3 is 29.6 Å². The molecule has 0 amide bonds. The molecule has 1 aromatic heterocycles. The summed E-state index contributed by atoms with van der Waals surface area (Å²) in [7, 11) is 1.45. The van der Waals surface area contributed by atoms with Crippen LogP contribution in [0.2, 0.25) is 5.02 Å². The SMILES string of the molecule is CC.COc1cc2c(cc1Cc1cccc(Cl)c1F)c(=O)c(C(=O)[O-])cn2C(CO)C(C)C.[Na+]. The number of ether oxygens (including phenoxy) is 1. The number of fused-ring (bicyclic) bond motifs is 1. The van der Waals surface area contributed by atoms with Gasteiger partial charge in [0.1, 0.15) is 11.6 Å². The monoisotopic (exact) mass is 499 g/mol. The fourth-order valence-corrected chi connectivity index (χ4v) is 3.87. The molecule has 0 saturated carbocycles. The van der Waals surface area contributed by atoms with E-state index in [9.17, 15) is 24.2 Å². The minimum atomic E-state index is -1.61. The van der Waals surface area contributed by atoms with E-state index in [2.05, 4.69) is 0 Å². The van der Waals surface area contributed by atoms with E-state index in [-0.39, 0.29) is 58.9 Å². The number of aromatic nitrogens is 1. The predicted molar refractivity (Wildman–Crippen MR) is 126 cm³/mol. The van der Waals surface area contributed by atoms with Gasteiger partial charge in [-0.3, -0.25) is 4.79 Å². The Hall–Kier alpha value is -1.90. The van der Waals surface area contributed by atoms with E-state index < -0.39 is 28.8 Å². The van der Waals surface area contributed by atoms with Gasteiger partial charge < -0.3 is 24.3 Å². The second-order valence-corrected chi connectivity index (χ2v) is 8.04.